The summed E-state index contributed by atoms with van der Waals surface area (Å²) in [5, 5.41) is 0. The number of rotatable bonds is 6. The maximum absolute atomic E-state index is 5.47. The van der Waals surface area contributed by atoms with E-state index in [0.717, 1.165) is 73.2 Å². The third kappa shape index (κ3) is 3.83. The van der Waals surface area contributed by atoms with Gasteiger partial charge in [-0.15, -0.1) is 0 Å². The third-order valence-corrected chi connectivity index (χ3v) is 6.60. The number of hydrogen-bond donors (Lipinski definition) is 0. The van der Waals surface area contributed by atoms with Crippen LogP contribution in [0.25, 0.3) is 11.4 Å². The van der Waals surface area contributed by atoms with E-state index in [1.54, 1.807) is 26.6 Å². The van der Waals surface area contributed by atoms with Crippen LogP contribution < -0.4 is 19.3 Å². The molecule has 0 N–H and O–H groups in total. The molecule has 2 aromatic heterocycles. The first-order valence-corrected chi connectivity index (χ1v) is 11.2. The highest BCUT2D eigenvalue weighted by Crippen LogP contribution is 2.35. The summed E-state index contributed by atoms with van der Waals surface area (Å²) in [6.45, 7) is 1.91. The summed E-state index contributed by atoms with van der Waals surface area (Å²) in [5.41, 5.74) is 4.65. The second-order valence-corrected chi connectivity index (χ2v) is 8.46. The Morgan fingerprint density at radius 1 is 1.00 bits per heavy atom. The molecule has 1 saturated heterocycles. The second-order valence-electron chi connectivity index (χ2n) is 8.46. The number of nitrogens with zero attached hydrogens (tertiary/aromatic N) is 5. The molecule has 7 nitrogen and oxygen atoms in total. The van der Waals surface area contributed by atoms with Gasteiger partial charge in [0, 0.05) is 79.3 Å². The minimum absolute atomic E-state index is 0.372. The summed E-state index contributed by atoms with van der Waals surface area (Å²) in [4.78, 5) is 18.8. The zero-order valence-electron chi connectivity index (χ0n) is 18.9. The van der Waals surface area contributed by atoms with Gasteiger partial charge in [0.2, 0.25) is 0 Å². The highest BCUT2D eigenvalue weighted by atomic mass is 16.5. The van der Waals surface area contributed by atoms with Crippen molar-refractivity contribution >= 4 is 11.5 Å². The molecule has 5 rings (SSSR count). The number of aromatic nitrogens is 3. The minimum Gasteiger partial charge on any atom is -0.497 e. The van der Waals surface area contributed by atoms with Gasteiger partial charge in [-0.3, -0.25) is 4.98 Å². The lowest BCUT2D eigenvalue weighted by atomic mass is 10.1. The molecule has 32 heavy (non-hydrogen) atoms. The molecular weight excluding hydrogens is 402 g/mol. The topological polar surface area (TPSA) is 63.6 Å². The van der Waals surface area contributed by atoms with E-state index in [0.29, 0.717) is 6.04 Å². The first-order valence-electron chi connectivity index (χ1n) is 11.2. The standard InChI is InChI=1S/C25H29N5O2/c1-29(18-9-12-30(16-18)19-13-20(31-2)15-21(14-19)32-3)25-22-5-4-6-23(22)27-24(28-25)17-7-10-26-11-8-17/h7-8,10-11,13-15,18H,4-6,9,12,16H2,1-3H3. The Bertz CT molecular complexity index is 1080. The molecule has 1 aliphatic carbocycles. The molecule has 0 amide bonds. The van der Waals surface area contributed by atoms with Crippen LogP contribution in [0.3, 0.4) is 0 Å². The minimum atomic E-state index is 0.372. The number of hydrogen-bond acceptors (Lipinski definition) is 7. The highest BCUT2D eigenvalue weighted by Gasteiger charge is 2.30. The van der Waals surface area contributed by atoms with Crippen LogP contribution >= 0.6 is 0 Å². The van der Waals surface area contributed by atoms with Crippen molar-refractivity contribution in [2.24, 2.45) is 0 Å². The van der Waals surface area contributed by atoms with Crippen LogP contribution in [0.1, 0.15) is 24.1 Å². The average Bonchev–Trinajstić information content (AvgIpc) is 3.53. The molecule has 2 aliphatic rings. The van der Waals surface area contributed by atoms with Crippen LogP contribution in [0, 0.1) is 0 Å². The van der Waals surface area contributed by atoms with Gasteiger partial charge in [0.05, 0.1) is 14.2 Å². The Labute approximate surface area is 189 Å². The largest absolute Gasteiger partial charge is 0.497 e. The maximum Gasteiger partial charge on any atom is 0.161 e. The fourth-order valence-electron chi connectivity index (χ4n) is 4.77. The van der Waals surface area contributed by atoms with Crippen molar-refractivity contribution in [3.8, 4) is 22.9 Å². The molecule has 0 radical (unpaired) electrons. The summed E-state index contributed by atoms with van der Waals surface area (Å²) >= 11 is 0. The number of ether oxygens (including phenoxy) is 2. The summed E-state index contributed by atoms with van der Waals surface area (Å²) in [6.07, 6.45) is 7.88. The van der Waals surface area contributed by atoms with Crippen molar-refractivity contribution in [1.29, 1.82) is 0 Å². The second kappa shape index (κ2) is 8.65. The number of fused-ring (bicyclic) bond motifs is 1. The normalized spacial score (nSPS) is 17.3. The Kier molecular flexibility index (Phi) is 5.55. The molecule has 0 saturated carbocycles. The van der Waals surface area contributed by atoms with E-state index in [-0.39, 0.29) is 0 Å². The van der Waals surface area contributed by atoms with Gasteiger partial charge in [-0.2, -0.15) is 0 Å². The van der Waals surface area contributed by atoms with Gasteiger partial charge >= 0.3 is 0 Å². The van der Waals surface area contributed by atoms with E-state index in [4.69, 9.17) is 19.4 Å². The quantitative estimate of drug-likeness (QED) is 0.589. The molecule has 166 valence electrons. The van der Waals surface area contributed by atoms with Crippen molar-refractivity contribution in [3.63, 3.8) is 0 Å². The van der Waals surface area contributed by atoms with E-state index < -0.39 is 0 Å². The summed E-state index contributed by atoms with van der Waals surface area (Å²) in [6, 6.07) is 10.4. The van der Waals surface area contributed by atoms with Crippen molar-refractivity contribution in [3.05, 3.63) is 54.0 Å². The predicted molar refractivity (Wildman–Crippen MR) is 126 cm³/mol. The molecule has 1 unspecified atom stereocenters. The van der Waals surface area contributed by atoms with Crippen LogP contribution in [0.4, 0.5) is 11.5 Å². The molecule has 7 heteroatoms. The zero-order valence-corrected chi connectivity index (χ0v) is 18.9. The molecule has 1 atom stereocenters. The smallest absolute Gasteiger partial charge is 0.161 e. The highest BCUT2D eigenvalue weighted by molar-refractivity contribution is 5.62. The van der Waals surface area contributed by atoms with Gasteiger partial charge in [0.25, 0.3) is 0 Å². The van der Waals surface area contributed by atoms with Gasteiger partial charge < -0.3 is 19.3 Å². The van der Waals surface area contributed by atoms with Crippen molar-refractivity contribution in [2.45, 2.75) is 31.7 Å². The first kappa shape index (κ1) is 20.5. The lowest BCUT2D eigenvalue weighted by molar-refractivity contribution is 0.394. The van der Waals surface area contributed by atoms with Gasteiger partial charge in [-0.1, -0.05) is 0 Å². The fraction of sp³-hybridized carbons (Fsp3) is 0.400. The molecule has 3 aromatic rings. The van der Waals surface area contributed by atoms with Crippen molar-refractivity contribution in [2.75, 3.05) is 44.2 Å². The van der Waals surface area contributed by atoms with Gasteiger partial charge in [0.1, 0.15) is 17.3 Å². The van der Waals surface area contributed by atoms with E-state index >= 15 is 0 Å². The number of benzene rings is 1. The van der Waals surface area contributed by atoms with Crippen LogP contribution in [-0.2, 0) is 12.8 Å². The van der Waals surface area contributed by atoms with Crippen molar-refractivity contribution < 1.29 is 9.47 Å². The molecule has 1 aliphatic heterocycles. The van der Waals surface area contributed by atoms with E-state index in [1.165, 1.54) is 11.3 Å². The van der Waals surface area contributed by atoms with Gasteiger partial charge in [-0.25, -0.2) is 9.97 Å². The lowest BCUT2D eigenvalue weighted by Gasteiger charge is -2.28. The van der Waals surface area contributed by atoms with Crippen LogP contribution in [-0.4, -0.2) is 55.4 Å². The van der Waals surface area contributed by atoms with E-state index in [9.17, 15) is 0 Å². The lowest BCUT2D eigenvalue weighted by Crippen LogP contribution is -2.36. The van der Waals surface area contributed by atoms with E-state index in [2.05, 4.69) is 34.0 Å². The van der Waals surface area contributed by atoms with E-state index in [1.807, 2.05) is 18.2 Å². The maximum atomic E-state index is 5.47. The van der Waals surface area contributed by atoms with Gasteiger partial charge in [-0.05, 0) is 37.8 Å². The average molecular weight is 432 g/mol. The number of aryl methyl sites for hydroxylation is 1. The zero-order chi connectivity index (χ0) is 22.1. The number of likely N-dealkylation sites (N-methyl/N-ethyl adjacent to an activating group) is 1. The fourth-order valence-corrected chi connectivity index (χ4v) is 4.77. The SMILES string of the molecule is COc1cc(OC)cc(N2CCC(N(C)c3nc(-c4ccncc4)nc4c3CCC4)C2)c1. The summed E-state index contributed by atoms with van der Waals surface area (Å²) in [5.74, 6) is 3.50. The number of methoxy groups -OCH3 is 2. The van der Waals surface area contributed by atoms with Gasteiger partial charge in [0.15, 0.2) is 5.82 Å². The van der Waals surface area contributed by atoms with Crippen LogP contribution in [0.5, 0.6) is 11.5 Å². The Hall–Kier alpha value is -3.35. The predicted octanol–water partition coefficient (Wildman–Crippen LogP) is 3.76. The van der Waals surface area contributed by atoms with Crippen molar-refractivity contribution in [1.82, 2.24) is 15.0 Å². The summed E-state index contributed by atoms with van der Waals surface area (Å²) < 4.78 is 10.9. The Morgan fingerprint density at radius 2 is 1.75 bits per heavy atom. The monoisotopic (exact) mass is 431 g/mol. The molecule has 1 aromatic carbocycles. The van der Waals surface area contributed by atoms with Crippen LogP contribution in [0.15, 0.2) is 42.7 Å². The molecule has 3 heterocycles. The number of pyridine rings is 1. The Morgan fingerprint density at radius 3 is 2.47 bits per heavy atom. The number of anilines is 2. The third-order valence-electron chi connectivity index (χ3n) is 6.60. The Balaban J connectivity index is 1.42. The molecule has 0 bridgehead atoms. The molecule has 1 fully saturated rings. The first-order chi connectivity index (χ1) is 15.7. The van der Waals surface area contributed by atoms with Crippen LogP contribution in [0.2, 0.25) is 0 Å². The summed E-state index contributed by atoms with van der Waals surface area (Å²) in [7, 11) is 5.56. The molecular formula is C25H29N5O2. The molecule has 0 spiro atoms.